The highest BCUT2D eigenvalue weighted by atomic mass is 16.3. The number of aromatic nitrogens is 1. The summed E-state index contributed by atoms with van der Waals surface area (Å²) in [6.07, 6.45) is 3.49. The van der Waals surface area contributed by atoms with Gasteiger partial charge in [0.15, 0.2) is 0 Å². The van der Waals surface area contributed by atoms with E-state index in [-0.39, 0.29) is 43.8 Å². The Morgan fingerprint density at radius 3 is 2.77 bits per heavy atom. The Bertz CT molecular complexity index is 907. The molecule has 0 radical (unpaired) electrons. The molecule has 162 valence electrons. The zero-order valence-corrected chi connectivity index (χ0v) is 17.5. The SMILES string of the molecule is CC(C)C[C@@H](CO)NC(=O)CCC1NC(=O)N(CCc2c[nH]c3ccccc23)C1=O. The monoisotopic (exact) mass is 414 g/mol. The first-order chi connectivity index (χ1) is 14.4. The highest BCUT2D eigenvalue weighted by Crippen LogP contribution is 2.19. The van der Waals surface area contributed by atoms with Gasteiger partial charge in [-0.2, -0.15) is 0 Å². The number of H-pyrrole nitrogens is 1. The van der Waals surface area contributed by atoms with Crippen molar-refractivity contribution < 1.29 is 19.5 Å². The van der Waals surface area contributed by atoms with Gasteiger partial charge >= 0.3 is 6.03 Å². The van der Waals surface area contributed by atoms with Crippen molar-refractivity contribution in [2.24, 2.45) is 5.92 Å². The van der Waals surface area contributed by atoms with Crippen molar-refractivity contribution in [2.75, 3.05) is 13.2 Å². The average molecular weight is 415 g/mol. The van der Waals surface area contributed by atoms with Gasteiger partial charge < -0.3 is 20.7 Å². The second-order valence-electron chi connectivity index (χ2n) is 8.22. The minimum Gasteiger partial charge on any atom is -0.394 e. The van der Waals surface area contributed by atoms with Gasteiger partial charge in [-0.05, 0) is 36.8 Å². The minimum atomic E-state index is -0.691. The van der Waals surface area contributed by atoms with Crippen molar-refractivity contribution in [2.45, 2.75) is 51.6 Å². The first-order valence-electron chi connectivity index (χ1n) is 10.5. The molecule has 0 bridgehead atoms. The summed E-state index contributed by atoms with van der Waals surface area (Å²) in [5.74, 6) is -0.175. The number of urea groups is 1. The molecular formula is C22H30N4O4. The second-order valence-corrected chi connectivity index (χ2v) is 8.22. The van der Waals surface area contributed by atoms with Crippen LogP contribution < -0.4 is 10.6 Å². The van der Waals surface area contributed by atoms with Gasteiger partial charge in [-0.1, -0.05) is 32.0 Å². The minimum absolute atomic E-state index is 0.113. The molecule has 2 atom stereocenters. The summed E-state index contributed by atoms with van der Waals surface area (Å²) in [4.78, 5) is 41.5. The number of aromatic amines is 1. The first kappa shape index (κ1) is 21.8. The number of fused-ring (bicyclic) bond motifs is 1. The van der Waals surface area contributed by atoms with Gasteiger partial charge in [-0.3, -0.25) is 14.5 Å². The van der Waals surface area contributed by atoms with Gasteiger partial charge in [0.05, 0.1) is 12.6 Å². The van der Waals surface area contributed by atoms with Crippen LogP contribution in [0.15, 0.2) is 30.5 Å². The Labute approximate surface area is 176 Å². The Hall–Kier alpha value is -2.87. The van der Waals surface area contributed by atoms with E-state index in [0.717, 1.165) is 16.5 Å². The lowest BCUT2D eigenvalue weighted by Gasteiger charge is -2.18. The van der Waals surface area contributed by atoms with Crippen molar-refractivity contribution in [1.82, 2.24) is 20.5 Å². The lowest BCUT2D eigenvalue weighted by atomic mass is 10.0. The van der Waals surface area contributed by atoms with Gasteiger partial charge in [0, 0.05) is 30.1 Å². The Balaban J connectivity index is 1.50. The fourth-order valence-electron chi connectivity index (χ4n) is 3.88. The van der Waals surface area contributed by atoms with Crippen molar-refractivity contribution >= 4 is 28.7 Å². The van der Waals surface area contributed by atoms with Crippen molar-refractivity contribution in [3.05, 3.63) is 36.0 Å². The van der Waals surface area contributed by atoms with Crippen molar-refractivity contribution in [3.63, 3.8) is 0 Å². The lowest BCUT2D eigenvalue weighted by Crippen LogP contribution is -2.39. The molecule has 0 saturated carbocycles. The molecule has 1 aromatic carbocycles. The molecule has 1 aliphatic rings. The summed E-state index contributed by atoms with van der Waals surface area (Å²) in [5.41, 5.74) is 2.07. The van der Waals surface area contributed by atoms with Crippen LogP contribution in [0.25, 0.3) is 10.9 Å². The van der Waals surface area contributed by atoms with E-state index in [4.69, 9.17) is 0 Å². The van der Waals surface area contributed by atoms with E-state index in [1.54, 1.807) is 0 Å². The van der Waals surface area contributed by atoms with Crippen molar-refractivity contribution in [1.29, 1.82) is 0 Å². The van der Waals surface area contributed by atoms with Crippen LogP contribution in [0.4, 0.5) is 4.79 Å². The Morgan fingerprint density at radius 1 is 1.27 bits per heavy atom. The number of imide groups is 1. The number of nitrogens with zero attached hydrogens (tertiary/aromatic N) is 1. The normalized spacial score (nSPS) is 17.6. The zero-order chi connectivity index (χ0) is 21.7. The molecule has 1 fully saturated rings. The number of rotatable bonds is 10. The fraction of sp³-hybridized carbons (Fsp3) is 0.500. The molecule has 30 heavy (non-hydrogen) atoms. The number of benzene rings is 1. The summed E-state index contributed by atoms with van der Waals surface area (Å²) in [6, 6.07) is 6.49. The van der Waals surface area contributed by atoms with E-state index < -0.39 is 12.1 Å². The summed E-state index contributed by atoms with van der Waals surface area (Å²) in [7, 11) is 0. The number of amides is 4. The molecule has 1 aromatic heterocycles. The highest BCUT2D eigenvalue weighted by Gasteiger charge is 2.37. The summed E-state index contributed by atoms with van der Waals surface area (Å²) in [5, 5.41) is 15.9. The smallest absolute Gasteiger partial charge is 0.324 e. The molecule has 1 saturated heterocycles. The lowest BCUT2D eigenvalue weighted by molar-refractivity contribution is -0.127. The molecule has 1 aliphatic heterocycles. The molecule has 4 amide bonds. The van der Waals surface area contributed by atoms with Gasteiger partial charge in [-0.15, -0.1) is 0 Å². The van der Waals surface area contributed by atoms with Crippen LogP contribution in [0, 0.1) is 5.92 Å². The van der Waals surface area contributed by atoms with Crippen LogP contribution in [0.3, 0.4) is 0 Å². The maximum atomic E-state index is 12.6. The molecular weight excluding hydrogens is 384 g/mol. The molecule has 8 heteroatoms. The summed E-state index contributed by atoms with van der Waals surface area (Å²) < 4.78 is 0. The predicted octanol–water partition coefficient (Wildman–Crippen LogP) is 1.93. The van der Waals surface area contributed by atoms with E-state index in [9.17, 15) is 19.5 Å². The van der Waals surface area contributed by atoms with Crippen LogP contribution in [0.2, 0.25) is 0 Å². The Kier molecular flexibility index (Phi) is 7.10. The molecule has 8 nitrogen and oxygen atoms in total. The van der Waals surface area contributed by atoms with Gasteiger partial charge in [0.2, 0.25) is 5.91 Å². The number of aliphatic hydroxyl groups excluding tert-OH is 1. The van der Waals surface area contributed by atoms with E-state index in [1.807, 2.05) is 44.3 Å². The van der Waals surface area contributed by atoms with Crippen LogP contribution in [0.5, 0.6) is 0 Å². The number of carbonyl (C=O) groups excluding carboxylic acids is 3. The van der Waals surface area contributed by atoms with Gasteiger partial charge in [0.25, 0.3) is 5.91 Å². The van der Waals surface area contributed by atoms with E-state index in [1.165, 1.54) is 4.90 Å². The number of aliphatic hydroxyl groups is 1. The maximum absolute atomic E-state index is 12.6. The topological polar surface area (TPSA) is 115 Å². The predicted molar refractivity (Wildman–Crippen MR) is 114 cm³/mol. The van der Waals surface area contributed by atoms with Crippen LogP contribution in [0.1, 0.15) is 38.7 Å². The molecule has 3 rings (SSSR count). The Morgan fingerprint density at radius 2 is 2.03 bits per heavy atom. The molecule has 4 N–H and O–H groups in total. The molecule has 0 aliphatic carbocycles. The number of hydrogen-bond acceptors (Lipinski definition) is 4. The van der Waals surface area contributed by atoms with Crippen molar-refractivity contribution in [3.8, 4) is 0 Å². The third-order valence-electron chi connectivity index (χ3n) is 5.39. The quantitative estimate of drug-likeness (QED) is 0.445. The van der Waals surface area contributed by atoms with Crippen LogP contribution in [-0.4, -0.2) is 58.1 Å². The molecule has 0 spiro atoms. The number of nitrogens with one attached hydrogen (secondary N) is 3. The third-order valence-corrected chi connectivity index (χ3v) is 5.39. The number of hydrogen-bond donors (Lipinski definition) is 4. The van der Waals surface area contributed by atoms with Gasteiger partial charge in [0.1, 0.15) is 6.04 Å². The molecule has 2 aromatic rings. The van der Waals surface area contributed by atoms with Gasteiger partial charge in [-0.25, -0.2) is 4.79 Å². The fourth-order valence-corrected chi connectivity index (χ4v) is 3.88. The third kappa shape index (κ3) is 5.18. The standard InChI is InChI=1S/C22H30N4O4/c1-14(2)11-16(13-27)24-20(28)8-7-19-21(29)26(22(30)25-19)10-9-15-12-23-18-6-4-3-5-17(15)18/h3-6,12,14,16,19,23,27H,7-11,13H2,1-2H3,(H,24,28)(H,25,30)/t16-,19?/m0/s1. The largest absolute Gasteiger partial charge is 0.394 e. The molecule has 1 unspecified atom stereocenters. The second kappa shape index (κ2) is 9.75. The summed E-state index contributed by atoms with van der Waals surface area (Å²) in [6.45, 7) is 4.21. The average Bonchev–Trinajstić information content (AvgIpc) is 3.24. The zero-order valence-electron chi connectivity index (χ0n) is 17.5. The number of para-hydroxylation sites is 1. The van der Waals surface area contributed by atoms with Crippen LogP contribution >= 0.6 is 0 Å². The van der Waals surface area contributed by atoms with E-state index >= 15 is 0 Å². The maximum Gasteiger partial charge on any atom is 0.324 e. The van der Waals surface area contributed by atoms with E-state index in [0.29, 0.717) is 18.8 Å². The first-order valence-corrected chi connectivity index (χ1v) is 10.5. The van der Waals surface area contributed by atoms with E-state index in [2.05, 4.69) is 15.6 Å². The van der Waals surface area contributed by atoms with Crippen LogP contribution in [-0.2, 0) is 16.0 Å². The molecule has 2 heterocycles. The number of carbonyl (C=O) groups is 3. The summed E-state index contributed by atoms with van der Waals surface area (Å²) >= 11 is 0. The highest BCUT2D eigenvalue weighted by molar-refractivity contribution is 6.04.